The number of nitrogens with zero attached hydrogens (tertiary/aromatic N) is 2. The third kappa shape index (κ3) is 12.3. The summed E-state index contributed by atoms with van der Waals surface area (Å²) in [5.74, 6) is 1.21. The van der Waals surface area contributed by atoms with Gasteiger partial charge >= 0.3 is 0 Å². The van der Waals surface area contributed by atoms with E-state index in [0.717, 1.165) is 19.5 Å². The van der Waals surface area contributed by atoms with Gasteiger partial charge in [0.15, 0.2) is 0 Å². The number of hydrogen-bond acceptors (Lipinski definition) is 3. The van der Waals surface area contributed by atoms with Crippen LogP contribution in [0.25, 0.3) is 0 Å². The van der Waals surface area contributed by atoms with Crippen molar-refractivity contribution in [2.45, 2.75) is 116 Å². The predicted molar refractivity (Wildman–Crippen MR) is 120 cm³/mol. The summed E-state index contributed by atoms with van der Waals surface area (Å²) in [4.78, 5) is 7.12. The van der Waals surface area contributed by atoms with Gasteiger partial charge < -0.3 is 10.0 Å². The first-order chi connectivity index (χ1) is 13.1. The molecule has 3 heteroatoms. The van der Waals surface area contributed by atoms with Crippen LogP contribution in [0.1, 0.15) is 111 Å². The first kappa shape index (κ1) is 24.2. The van der Waals surface area contributed by atoms with Crippen molar-refractivity contribution in [1.82, 2.24) is 4.90 Å². The van der Waals surface area contributed by atoms with Crippen molar-refractivity contribution in [3.8, 4) is 0 Å². The molecule has 0 bridgehead atoms. The summed E-state index contributed by atoms with van der Waals surface area (Å²) < 4.78 is 0. The molecule has 27 heavy (non-hydrogen) atoms. The SMILES string of the molecule is CCCCCCCC/C=C\CCCCCCCC1=NC(C)(C)CN1CCO. The second-order valence-corrected chi connectivity index (χ2v) is 8.82. The number of aliphatic hydroxyl groups excluding tert-OH is 1. The van der Waals surface area contributed by atoms with Gasteiger partial charge in [0.05, 0.1) is 18.0 Å². The summed E-state index contributed by atoms with van der Waals surface area (Å²) in [6.45, 7) is 8.55. The molecule has 1 aliphatic heterocycles. The van der Waals surface area contributed by atoms with Crippen LogP contribution in [0.3, 0.4) is 0 Å². The molecule has 1 rings (SSSR count). The Balaban J connectivity index is 1.93. The largest absolute Gasteiger partial charge is 0.395 e. The minimum Gasteiger partial charge on any atom is -0.395 e. The average Bonchev–Trinajstić information content (AvgIpc) is 2.92. The van der Waals surface area contributed by atoms with Crippen LogP contribution < -0.4 is 0 Å². The Kier molecular flexibility index (Phi) is 13.6. The van der Waals surface area contributed by atoms with E-state index in [2.05, 4.69) is 37.8 Å². The summed E-state index contributed by atoms with van der Waals surface area (Å²) in [5, 5.41) is 9.22. The van der Waals surface area contributed by atoms with Crippen molar-refractivity contribution in [1.29, 1.82) is 0 Å². The van der Waals surface area contributed by atoms with Crippen molar-refractivity contribution in [3.63, 3.8) is 0 Å². The van der Waals surface area contributed by atoms with E-state index in [0.29, 0.717) is 0 Å². The molecule has 1 heterocycles. The van der Waals surface area contributed by atoms with E-state index in [4.69, 9.17) is 4.99 Å². The van der Waals surface area contributed by atoms with E-state index in [1.54, 1.807) is 0 Å². The topological polar surface area (TPSA) is 35.8 Å². The Morgan fingerprint density at radius 1 is 0.889 bits per heavy atom. The highest BCUT2D eigenvalue weighted by atomic mass is 16.3. The normalized spacial score (nSPS) is 16.4. The van der Waals surface area contributed by atoms with Crippen LogP contribution in [0, 0.1) is 0 Å². The van der Waals surface area contributed by atoms with E-state index in [-0.39, 0.29) is 12.1 Å². The predicted octanol–water partition coefficient (Wildman–Crippen LogP) is 6.51. The van der Waals surface area contributed by atoms with E-state index in [1.165, 1.54) is 89.3 Å². The Morgan fingerprint density at radius 2 is 1.44 bits per heavy atom. The number of aliphatic imine (C=N–C) groups is 1. The van der Waals surface area contributed by atoms with Gasteiger partial charge in [-0.2, -0.15) is 0 Å². The number of unbranched alkanes of at least 4 members (excludes halogenated alkanes) is 11. The first-order valence-electron chi connectivity index (χ1n) is 11.7. The molecule has 0 amide bonds. The number of rotatable bonds is 17. The Morgan fingerprint density at radius 3 is 2.04 bits per heavy atom. The van der Waals surface area contributed by atoms with E-state index < -0.39 is 0 Å². The highest BCUT2D eigenvalue weighted by Gasteiger charge is 2.29. The summed E-state index contributed by atoms with van der Waals surface area (Å²) in [6, 6.07) is 0. The Hall–Kier alpha value is -0.830. The molecule has 1 aliphatic rings. The molecule has 0 aliphatic carbocycles. The molecule has 0 spiro atoms. The van der Waals surface area contributed by atoms with Gasteiger partial charge in [-0.25, -0.2) is 0 Å². The molecule has 158 valence electrons. The average molecular weight is 379 g/mol. The van der Waals surface area contributed by atoms with E-state index in [9.17, 15) is 5.11 Å². The first-order valence-corrected chi connectivity index (χ1v) is 11.7. The van der Waals surface area contributed by atoms with Gasteiger partial charge in [-0.05, 0) is 46.0 Å². The molecule has 0 aromatic rings. The number of amidine groups is 1. The maximum absolute atomic E-state index is 9.22. The Labute approximate surface area is 169 Å². The van der Waals surface area contributed by atoms with Crippen molar-refractivity contribution < 1.29 is 5.11 Å². The molecule has 0 unspecified atom stereocenters. The zero-order valence-electron chi connectivity index (χ0n) is 18.5. The minimum absolute atomic E-state index is 0.0202. The molecule has 0 saturated carbocycles. The zero-order chi connectivity index (χ0) is 19.8. The molecule has 0 atom stereocenters. The standard InChI is InChI=1S/C24H46N2O/c1-4-5-6-7-8-9-10-11-12-13-14-15-16-17-18-19-23-25-24(2,3)22-26(23)20-21-27/h11-12,27H,4-10,13-22H2,1-3H3/b12-11-. The quantitative estimate of drug-likeness (QED) is 0.231. The van der Waals surface area contributed by atoms with Gasteiger partial charge in [0, 0.05) is 19.5 Å². The fourth-order valence-electron chi connectivity index (χ4n) is 3.91. The van der Waals surface area contributed by atoms with Crippen LogP contribution in [-0.4, -0.2) is 41.1 Å². The fourth-order valence-corrected chi connectivity index (χ4v) is 3.91. The molecule has 0 aromatic carbocycles. The molecule has 0 saturated heterocycles. The molecule has 0 radical (unpaired) electrons. The van der Waals surface area contributed by atoms with Gasteiger partial charge in [0.2, 0.25) is 0 Å². The van der Waals surface area contributed by atoms with Crippen molar-refractivity contribution >= 4 is 5.84 Å². The maximum Gasteiger partial charge on any atom is 0.0998 e. The molecule has 0 aromatic heterocycles. The van der Waals surface area contributed by atoms with Crippen LogP contribution in [0.4, 0.5) is 0 Å². The van der Waals surface area contributed by atoms with Crippen molar-refractivity contribution in [2.24, 2.45) is 4.99 Å². The monoisotopic (exact) mass is 378 g/mol. The third-order valence-electron chi connectivity index (χ3n) is 5.41. The smallest absolute Gasteiger partial charge is 0.0998 e. The second kappa shape index (κ2) is 15.1. The minimum atomic E-state index is 0.0202. The van der Waals surface area contributed by atoms with Crippen LogP contribution in [0.15, 0.2) is 17.1 Å². The third-order valence-corrected chi connectivity index (χ3v) is 5.41. The van der Waals surface area contributed by atoms with Crippen LogP contribution >= 0.6 is 0 Å². The van der Waals surface area contributed by atoms with E-state index >= 15 is 0 Å². The maximum atomic E-state index is 9.22. The second-order valence-electron chi connectivity index (χ2n) is 8.82. The molecule has 3 nitrogen and oxygen atoms in total. The van der Waals surface area contributed by atoms with Gasteiger partial charge in [0.25, 0.3) is 0 Å². The van der Waals surface area contributed by atoms with Gasteiger partial charge in [-0.15, -0.1) is 0 Å². The highest BCUT2D eigenvalue weighted by molar-refractivity contribution is 5.84. The number of hydrogen-bond donors (Lipinski definition) is 1. The van der Waals surface area contributed by atoms with Crippen LogP contribution in [0.5, 0.6) is 0 Å². The summed E-state index contributed by atoms with van der Waals surface area (Å²) in [5.41, 5.74) is 0.0202. The van der Waals surface area contributed by atoms with Crippen LogP contribution in [0.2, 0.25) is 0 Å². The van der Waals surface area contributed by atoms with E-state index in [1.807, 2.05) is 0 Å². The lowest BCUT2D eigenvalue weighted by Crippen LogP contribution is -2.34. The Bertz CT molecular complexity index is 415. The van der Waals surface area contributed by atoms with Gasteiger partial charge in [-0.1, -0.05) is 70.4 Å². The fraction of sp³-hybridized carbons (Fsp3) is 0.875. The number of allylic oxidation sites excluding steroid dienone is 2. The number of aliphatic hydroxyl groups is 1. The van der Waals surface area contributed by atoms with Crippen molar-refractivity contribution in [2.75, 3.05) is 19.7 Å². The molecule has 0 fully saturated rings. The lowest BCUT2D eigenvalue weighted by molar-refractivity contribution is 0.244. The summed E-state index contributed by atoms with van der Waals surface area (Å²) in [7, 11) is 0. The number of β-amino-alcohol motifs (C(OH)–C–C–N with tert-alkyl or cyclic N) is 1. The lowest BCUT2D eigenvalue weighted by atomic mass is 10.1. The summed E-state index contributed by atoms with van der Waals surface area (Å²) in [6.07, 6.45) is 23.3. The van der Waals surface area contributed by atoms with Gasteiger partial charge in [-0.3, -0.25) is 4.99 Å². The highest BCUT2D eigenvalue weighted by Crippen LogP contribution is 2.22. The molecular weight excluding hydrogens is 332 g/mol. The lowest BCUT2D eigenvalue weighted by Gasteiger charge is -2.21. The van der Waals surface area contributed by atoms with Crippen LogP contribution in [-0.2, 0) is 0 Å². The molecular formula is C24H46N2O. The molecule has 1 N–H and O–H groups in total. The zero-order valence-corrected chi connectivity index (χ0v) is 18.5. The summed E-state index contributed by atoms with van der Waals surface area (Å²) >= 11 is 0. The van der Waals surface area contributed by atoms with Gasteiger partial charge in [0.1, 0.15) is 0 Å². The van der Waals surface area contributed by atoms with Crippen molar-refractivity contribution in [3.05, 3.63) is 12.2 Å².